The summed E-state index contributed by atoms with van der Waals surface area (Å²) in [6.07, 6.45) is 7.95. The monoisotopic (exact) mass is 481 g/mol. The lowest BCUT2D eigenvalue weighted by molar-refractivity contribution is -1.91. The summed E-state index contributed by atoms with van der Waals surface area (Å²) in [5.74, 6) is 0. The highest BCUT2D eigenvalue weighted by Crippen LogP contribution is 2.48. The van der Waals surface area contributed by atoms with E-state index in [4.69, 9.17) is 3.74 Å². The molecule has 0 saturated carbocycles. The van der Waals surface area contributed by atoms with Crippen molar-refractivity contribution < 1.29 is 28.0 Å². The molecule has 0 aromatic heterocycles. The van der Waals surface area contributed by atoms with Crippen LogP contribution in [-0.4, -0.2) is 18.0 Å². The molecule has 2 rings (SSSR count). The van der Waals surface area contributed by atoms with Gasteiger partial charge in [-0.3, -0.25) is 0 Å². The van der Waals surface area contributed by atoms with Crippen molar-refractivity contribution in [1.82, 2.24) is 0 Å². The third-order valence-corrected chi connectivity index (χ3v) is 8.48. The van der Waals surface area contributed by atoms with Crippen molar-refractivity contribution in [2.45, 2.75) is 55.4 Å². The van der Waals surface area contributed by atoms with Crippen LogP contribution in [0.25, 0.3) is 6.08 Å². The van der Waals surface area contributed by atoms with E-state index in [0.717, 1.165) is 34.0 Å². The van der Waals surface area contributed by atoms with Gasteiger partial charge in [-0.2, -0.15) is 14.0 Å². The fourth-order valence-corrected chi connectivity index (χ4v) is 6.37. The molecule has 1 aromatic carbocycles. The average molecular weight is 482 g/mol. The van der Waals surface area contributed by atoms with Gasteiger partial charge in [0.1, 0.15) is 14.5 Å². The summed E-state index contributed by atoms with van der Waals surface area (Å²) in [5.41, 5.74) is 2.46. The Morgan fingerprint density at radius 2 is 1.44 bits per heavy atom. The Morgan fingerprint density at radius 3 is 1.88 bits per heavy atom. The van der Waals surface area contributed by atoms with Crippen molar-refractivity contribution in [2.75, 3.05) is 18.0 Å². The molecule has 0 amide bonds. The number of nitrogens with zero attached hydrogens (tertiary/aromatic N) is 1. The Labute approximate surface area is 198 Å². The fraction of sp³-hybridized carbons (Fsp3) is 0.480. The summed E-state index contributed by atoms with van der Waals surface area (Å²) in [6, 6.07) is 8.42. The SMILES string of the molecule is CCN(CC)c1ccc(/C=C/C2=CC(C(C)(C)C)=S(O[Cl+3]([O-])([O-])[O-])C(C(C)(C)C)=C2)cc1. The average Bonchev–Trinajstić information content (AvgIpc) is 2.66. The van der Waals surface area contributed by atoms with E-state index in [1.54, 1.807) is 0 Å². The van der Waals surface area contributed by atoms with Gasteiger partial charge in [-0.05, 0) is 60.1 Å². The zero-order valence-electron chi connectivity index (χ0n) is 20.4. The highest BCUT2D eigenvalue weighted by molar-refractivity contribution is 8.15. The number of hydrogen-bond acceptors (Lipinski definition) is 5. The van der Waals surface area contributed by atoms with Gasteiger partial charge in [-0.15, -0.1) is 0 Å². The van der Waals surface area contributed by atoms with Gasteiger partial charge in [0.15, 0.2) is 0 Å². The molecule has 1 atom stereocenters. The van der Waals surface area contributed by atoms with Crippen LogP contribution < -0.4 is 18.9 Å². The molecule has 1 aliphatic rings. The van der Waals surface area contributed by atoms with Crippen LogP contribution in [0.5, 0.6) is 0 Å². The minimum atomic E-state index is -4.55. The normalized spacial score (nSPS) is 18.1. The molecule has 1 unspecified atom stereocenters. The van der Waals surface area contributed by atoms with Crippen LogP contribution in [0.1, 0.15) is 61.0 Å². The van der Waals surface area contributed by atoms with Crippen molar-refractivity contribution in [3.05, 3.63) is 58.5 Å². The Kier molecular flexibility index (Phi) is 8.59. The van der Waals surface area contributed by atoms with Crippen LogP contribution in [0.2, 0.25) is 0 Å². The molecule has 32 heavy (non-hydrogen) atoms. The van der Waals surface area contributed by atoms with Crippen LogP contribution >= 0.6 is 10.8 Å². The fourth-order valence-electron chi connectivity index (χ4n) is 3.38. The molecule has 1 aromatic rings. The lowest BCUT2D eigenvalue weighted by atomic mass is 9.89. The molecule has 1 heterocycles. The van der Waals surface area contributed by atoms with Gasteiger partial charge in [-0.1, -0.05) is 65.8 Å². The summed E-state index contributed by atoms with van der Waals surface area (Å²) in [7, 11) is -5.81. The molecular formula is C25H36ClNO4S. The highest BCUT2D eigenvalue weighted by Gasteiger charge is 2.38. The number of benzene rings is 1. The number of halogens is 1. The van der Waals surface area contributed by atoms with Crippen LogP contribution in [-0.2, 0) is 3.74 Å². The molecular weight excluding hydrogens is 446 g/mol. The zero-order valence-corrected chi connectivity index (χ0v) is 22.0. The predicted octanol–water partition coefficient (Wildman–Crippen LogP) is 3.73. The first-order valence-electron chi connectivity index (χ1n) is 10.8. The second-order valence-corrected chi connectivity index (χ2v) is 12.5. The van der Waals surface area contributed by atoms with Gasteiger partial charge in [0.25, 0.3) is 0 Å². The molecule has 0 spiro atoms. The van der Waals surface area contributed by atoms with Crippen LogP contribution in [0.15, 0.2) is 53.0 Å². The third kappa shape index (κ3) is 7.30. The van der Waals surface area contributed by atoms with Crippen LogP contribution in [0.3, 0.4) is 0 Å². The minimum Gasteiger partial charge on any atom is -0.372 e. The van der Waals surface area contributed by atoms with Crippen molar-refractivity contribution >= 4 is 27.4 Å². The highest BCUT2D eigenvalue weighted by atomic mass is 35.7. The standard InChI is InChI=1S/C25H36ClNO4S/c1-9-27(10-2)21-15-13-19(14-16-21)11-12-20-17-22(24(3,4)5)32(31-26(28,29)30)23(18-20)25(6,7)8/h11-18H,9-10H2,1-8H3/b12-11+. The predicted molar refractivity (Wildman–Crippen MR) is 128 cm³/mol. The van der Waals surface area contributed by atoms with Crippen molar-refractivity contribution in [3.8, 4) is 0 Å². The molecule has 0 radical (unpaired) electrons. The summed E-state index contributed by atoms with van der Waals surface area (Å²) in [6.45, 7) is 18.2. The van der Waals surface area contributed by atoms with Gasteiger partial charge >= 0.3 is 0 Å². The Morgan fingerprint density at radius 1 is 0.875 bits per heavy atom. The van der Waals surface area contributed by atoms with Crippen molar-refractivity contribution in [3.63, 3.8) is 0 Å². The van der Waals surface area contributed by atoms with E-state index in [-0.39, 0.29) is 10.8 Å². The van der Waals surface area contributed by atoms with E-state index in [9.17, 15) is 14.0 Å². The van der Waals surface area contributed by atoms with E-state index >= 15 is 0 Å². The van der Waals surface area contributed by atoms with Gasteiger partial charge in [-0.25, -0.2) is 0 Å². The van der Waals surface area contributed by atoms with Crippen LogP contribution in [0.4, 0.5) is 5.69 Å². The Hall–Kier alpha value is -1.41. The quantitative estimate of drug-likeness (QED) is 0.554. The zero-order chi connectivity index (χ0) is 24.3. The van der Waals surface area contributed by atoms with E-state index in [2.05, 4.69) is 43.0 Å². The molecule has 0 N–H and O–H groups in total. The molecule has 0 aliphatic carbocycles. The summed E-state index contributed by atoms with van der Waals surface area (Å²) in [5, 5.41) is 0. The van der Waals surface area contributed by atoms with Gasteiger partial charge < -0.3 is 4.90 Å². The topological polar surface area (TPSA) is 81.7 Å². The van der Waals surface area contributed by atoms with E-state index in [0.29, 0.717) is 0 Å². The van der Waals surface area contributed by atoms with Gasteiger partial charge in [0.2, 0.25) is 0 Å². The molecule has 0 saturated heterocycles. The lowest BCUT2D eigenvalue weighted by Gasteiger charge is -2.31. The van der Waals surface area contributed by atoms with Crippen LogP contribution in [0, 0.1) is 21.1 Å². The first-order chi connectivity index (χ1) is 14.7. The number of anilines is 1. The molecule has 5 nitrogen and oxygen atoms in total. The molecule has 1 aliphatic heterocycles. The van der Waals surface area contributed by atoms with Gasteiger partial charge in [0.05, 0.1) is 10.2 Å². The maximum absolute atomic E-state index is 11.5. The molecule has 7 heteroatoms. The Bertz CT molecular complexity index is 923. The second kappa shape index (κ2) is 10.2. The lowest BCUT2D eigenvalue weighted by Crippen LogP contribution is -2.60. The largest absolute Gasteiger partial charge is 0.372 e. The van der Waals surface area contributed by atoms with E-state index in [1.165, 1.54) is 5.69 Å². The number of hydrogen-bond donors (Lipinski definition) is 0. The van der Waals surface area contributed by atoms with Gasteiger partial charge in [0, 0.05) is 28.5 Å². The number of rotatable bonds is 7. The van der Waals surface area contributed by atoms with E-state index < -0.39 is 21.0 Å². The maximum atomic E-state index is 11.5. The molecule has 0 bridgehead atoms. The first kappa shape index (κ1) is 26.8. The van der Waals surface area contributed by atoms with Crippen molar-refractivity contribution in [1.29, 1.82) is 0 Å². The summed E-state index contributed by atoms with van der Waals surface area (Å²) >= 11 is 0. The first-order valence-corrected chi connectivity index (χ1v) is 13.2. The smallest absolute Gasteiger partial charge is 0.141 e. The second-order valence-electron chi connectivity index (χ2n) is 9.82. The number of allylic oxidation sites excluding steroid dienone is 5. The summed E-state index contributed by atoms with van der Waals surface area (Å²) < 4.78 is 39.5. The Balaban J connectivity index is 2.48. The van der Waals surface area contributed by atoms with Crippen molar-refractivity contribution in [2.24, 2.45) is 10.8 Å². The van der Waals surface area contributed by atoms with E-state index in [1.807, 2.05) is 65.8 Å². The third-order valence-electron chi connectivity index (χ3n) is 5.10. The minimum absolute atomic E-state index is 0.376. The maximum Gasteiger partial charge on any atom is 0.141 e. The molecule has 178 valence electrons. The molecule has 0 fully saturated rings. The summed E-state index contributed by atoms with van der Waals surface area (Å²) in [4.78, 5) is 3.87.